The van der Waals surface area contributed by atoms with Gasteiger partial charge in [0.15, 0.2) is 9.84 Å². The molecule has 0 aromatic carbocycles. The van der Waals surface area contributed by atoms with Crippen LogP contribution in [-0.4, -0.2) is 35.5 Å². The van der Waals surface area contributed by atoms with E-state index in [-0.39, 0.29) is 5.25 Å². The molecular weight excluding hydrogens is 226 g/mol. The van der Waals surface area contributed by atoms with Gasteiger partial charge in [0.05, 0.1) is 17.5 Å². The van der Waals surface area contributed by atoms with Gasteiger partial charge in [0, 0.05) is 26.0 Å². The van der Waals surface area contributed by atoms with Crippen molar-refractivity contribution in [3.05, 3.63) is 18.2 Å². The molecule has 0 saturated carbocycles. The van der Waals surface area contributed by atoms with Crippen molar-refractivity contribution in [2.75, 3.05) is 12.3 Å². The van der Waals surface area contributed by atoms with Gasteiger partial charge in [0.2, 0.25) is 0 Å². The van der Waals surface area contributed by atoms with Crippen LogP contribution in [0.25, 0.3) is 0 Å². The molecule has 0 radical (unpaired) electrons. The van der Waals surface area contributed by atoms with Gasteiger partial charge in [-0.1, -0.05) is 0 Å². The SMILES string of the molecule is Cn1ccnc1CNCC1CCCS1(=O)=O. The monoisotopic (exact) mass is 243 g/mol. The Kier molecular flexibility index (Phi) is 3.30. The molecule has 2 rings (SSSR count). The van der Waals surface area contributed by atoms with Crippen LogP contribution in [0.1, 0.15) is 18.7 Å². The molecule has 1 atom stereocenters. The number of imidazole rings is 1. The van der Waals surface area contributed by atoms with Gasteiger partial charge in [0.1, 0.15) is 5.82 Å². The van der Waals surface area contributed by atoms with Gasteiger partial charge in [-0.3, -0.25) is 0 Å². The first-order valence-corrected chi connectivity index (χ1v) is 7.19. The topological polar surface area (TPSA) is 64.0 Å². The van der Waals surface area contributed by atoms with Crippen molar-refractivity contribution < 1.29 is 8.42 Å². The molecule has 0 bridgehead atoms. The maximum absolute atomic E-state index is 11.6. The highest BCUT2D eigenvalue weighted by atomic mass is 32.2. The molecule has 1 aromatic rings. The number of hydrogen-bond acceptors (Lipinski definition) is 4. The van der Waals surface area contributed by atoms with Crippen molar-refractivity contribution in [3.8, 4) is 0 Å². The van der Waals surface area contributed by atoms with Crippen LogP contribution in [0.3, 0.4) is 0 Å². The Morgan fingerprint density at radius 2 is 2.44 bits per heavy atom. The number of sulfone groups is 1. The molecule has 0 spiro atoms. The Morgan fingerprint density at radius 1 is 1.62 bits per heavy atom. The highest BCUT2D eigenvalue weighted by Gasteiger charge is 2.30. The van der Waals surface area contributed by atoms with E-state index in [9.17, 15) is 8.42 Å². The first kappa shape index (κ1) is 11.6. The third kappa shape index (κ3) is 2.44. The van der Waals surface area contributed by atoms with E-state index in [1.165, 1.54) is 0 Å². The van der Waals surface area contributed by atoms with E-state index in [2.05, 4.69) is 10.3 Å². The van der Waals surface area contributed by atoms with E-state index in [0.717, 1.165) is 18.7 Å². The Bertz CT molecular complexity index is 452. The molecule has 2 heterocycles. The lowest BCUT2D eigenvalue weighted by molar-refractivity contribution is 0.567. The second-order valence-corrected chi connectivity index (χ2v) is 6.62. The van der Waals surface area contributed by atoms with Gasteiger partial charge in [-0.2, -0.15) is 0 Å². The molecule has 1 N–H and O–H groups in total. The van der Waals surface area contributed by atoms with E-state index >= 15 is 0 Å². The van der Waals surface area contributed by atoms with E-state index in [4.69, 9.17) is 0 Å². The Hall–Kier alpha value is -0.880. The molecule has 1 unspecified atom stereocenters. The normalized spacial score (nSPS) is 23.7. The van der Waals surface area contributed by atoms with Gasteiger partial charge in [-0.25, -0.2) is 13.4 Å². The van der Waals surface area contributed by atoms with E-state index < -0.39 is 9.84 Å². The summed E-state index contributed by atoms with van der Waals surface area (Å²) in [5.41, 5.74) is 0. The second kappa shape index (κ2) is 4.55. The zero-order chi connectivity index (χ0) is 11.6. The molecule has 1 aromatic heterocycles. The molecule has 1 saturated heterocycles. The van der Waals surface area contributed by atoms with Crippen LogP contribution in [0, 0.1) is 0 Å². The Labute approximate surface area is 95.8 Å². The second-order valence-electron chi connectivity index (χ2n) is 4.22. The van der Waals surface area contributed by atoms with Crippen molar-refractivity contribution in [3.63, 3.8) is 0 Å². The summed E-state index contributed by atoms with van der Waals surface area (Å²) in [6.07, 6.45) is 5.21. The summed E-state index contributed by atoms with van der Waals surface area (Å²) < 4.78 is 25.0. The molecular formula is C10H17N3O2S. The number of aryl methyl sites for hydroxylation is 1. The molecule has 16 heavy (non-hydrogen) atoms. The minimum Gasteiger partial charge on any atom is -0.337 e. The highest BCUT2D eigenvalue weighted by molar-refractivity contribution is 7.92. The van der Waals surface area contributed by atoms with Crippen LogP contribution >= 0.6 is 0 Å². The van der Waals surface area contributed by atoms with Gasteiger partial charge in [0.25, 0.3) is 0 Å². The average Bonchev–Trinajstić information content (AvgIpc) is 2.75. The third-order valence-corrected chi connectivity index (χ3v) is 5.31. The van der Waals surface area contributed by atoms with E-state index in [0.29, 0.717) is 18.8 Å². The molecule has 6 heteroatoms. The first-order chi connectivity index (χ1) is 7.59. The van der Waals surface area contributed by atoms with Gasteiger partial charge < -0.3 is 9.88 Å². The molecule has 0 aliphatic carbocycles. The fourth-order valence-electron chi connectivity index (χ4n) is 2.00. The van der Waals surface area contributed by atoms with E-state index in [1.807, 2.05) is 17.8 Å². The number of hydrogen-bond donors (Lipinski definition) is 1. The summed E-state index contributed by atoms with van der Waals surface area (Å²) in [6.45, 7) is 1.16. The summed E-state index contributed by atoms with van der Waals surface area (Å²) in [4.78, 5) is 4.17. The highest BCUT2D eigenvalue weighted by Crippen LogP contribution is 2.19. The summed E-state index contributed by atoms with van der Waals surface area (Å²) in [7, 11) is -0.901. The summed E-state index contributed by atoms with van der Waals surface area (Å²) in [6, 6.07) is 0. The Balaban J connectivity index is 1.83. The fraction of sp³-hybridized carbons (Fsp3) is 0.700. The number of nitrogens with one attached hydrogen (secondary N) is 1. The zero-order valence-corrected chi connectivity index (χ0v) is 10.2. The molecule has 1 aliphatic rings. The van der Waals surface area contributed by atoms with E-state index in [1.54, 1.807) is 6.20 Å². The van der Waals surface area contributed by atoms with Crippen LogP contribution in [0.5, 0.6) is 0 Å². The maximum atomic E-state index is 11.6. The largest absolute Gasteiger partial charge is 0.337 e. The lowest BCUT2D eigenvalue weighted by Crippen LogP contribution is -2.30. The van der Waals surface area contributed by atoms with Crippen molar-refractivity contribution in [2.24, 2.45) is 7.05 Å². The van der Waals surface area contributed by atoms with Crippen molar-refractivity contribution in [1.29, 1.82) is 0 Å². The summed E-state index contributed by atoms with van der Waals surface area (Å²) >= 11 is 0. The maximum Gasteiger partial charge on any atom is 0.154 e. The lowest BCUT2D eigenvalue weighted by Gasteiger charge is -2.10. The molecule has 1 aliphatic heterocycles. The van der Waals surface area contributed by atoms with Gasteiger partial charge >= 0.3 is 0 Å². The van der Waals surface area contributed by atoms with Crippen LogP contribution in [0.15, 0.2) is 12.4 Å². The smallest absolute Gasteiger partial charge is 0.154 e. The summed E-state index contributed by atoms with van der Waals surface area (Å²) in [5.74, 6) is 1.28. The molecule has 0 amide bonds. The summed E-state index contributed by atoms with van der Waals surface area (Å²) in [5, 5.41) is 2.96. The third-order valence-electron chi connectivity index (χ3n) is 3.04. The van der Waals surface area contributed by atoms with Gasteiger partial charge in [-0.05, 0) is 12.8 Å². The first-order valence-electron chi connectivity index (χ1n) is 5.48. The number of nitrogens with zero attached hydrogens (tertiary/aromatic N) is 2. The number of rotatable bonds is 4. The van der Waals surface area contributed by atoms with Crippen molar-refractivity contribution in [1.82, 2.24) is 14.9 Å². The standard InChI is InChI=1S/C10H17N3O2S/c1-13-5-4-12-10(13)8-11-7-9-3-2-6-16(9,14)15/h4-5,9,11H,2-3,6-8H2,1H3. The van der Waals surface area contributed by atoms with Crippen LogP contribution in [0.4, 0.5) is 0 Å². The van der Waals surface area contributed by atoms with Gasteiger partial charge in [-0.15, -0.1) is 0 Å². The Morgan fingerprint density at radius 3 is 3.00 bits per heavy atom. The minimum absolute atomic E-state index is 0.201. The molecule has 90 valence electrons. The van der Waals surface area contributed by atoms with Crippen LogP contribution in [-0.2, 0) is 23.4 Å². The lowest BCUT2D eigenvalue weighted by atomic mass is 10.2. The van der Waals surface area contributed by atoms with Crippen LogP contribution in [0.2, 0.25) is 0 Å². The van der Waals surface area contributed by atoms with Crippen molar-refractivity contribution in [2.45, 2.75) is 24.6 Å². The molecule has 1 fully saturated rings. The van der Waals surface area contributed by atoms with Crippen LogP contribution < -0.4 is 5.32 Å². The quantitative estimate of drug-likeness (QED) is 0.814. The minimum atomic E-state index is -2.83. The van der Waals surface area contributed by atoms with Crippen molar-refractivity contribution >= 4 is 9.84 Å². The molecule has 5 nitrogen and oxygen atoms in total. The fourth-order valence-corrected chi connectivity index (χ4v) is 3.80. The number of aromatic nitrogens is 2. The predicted molar refractivity (Wildman–Crippen MR) is 61.7 cm³/mol. The average molecular weight is 243 g/mol. The predicted octanol–water partition coefficient (Wildman–Crippen LogP) is 0.0869. The zero-order valence-electron chi connectivity index (χ0n) is 9.39.